The van der Waals surface area contributed by atoms with E-state index in [2.05, 4.69) is 9.44 Å². The average molecular weight is 472 g/mol. The number of carbonyl (C=O) groups is 1. The van der Waals surface area contributed by atoms with Crippen LogP contribution < -0.4 is 9.44 Å². The topological polar surface area (TPSA) is 113 Å². The first-order valence-corrected chi connectivity index (χ1v) is 12.9. The largest absolute Gasteiger partial charge is 0.339 e. The number of likely N-dealkylation sites (tertiary alicyclic amines) is 1. The minimum absolute atomic E-state index is 0.135. The van der Waals surface area contributed by atoms with Crippen LogP contribution >= 0.6 is 11.6 Å². The summed E-state index contributed by atoms with van der Waals surface area (Å²) in [4.78, 5) is 14.6. The lowest BCUT2D eigenvalue weighted by Crippen LogP contribution is -2.46. The van der Waals surface area contributed by atoms with Crippen molar-refractivity contribution < 1.29 is 21.6 Å². The Morgan fingerprint density at radius 1 is 1.03 bits per heavy atom. The van der Waals surface area contributed by atoms with Crippen molar-refractivity contribution in [2.75, 3.05) is 24.1 Å². The van der Waals surface area contributed by atoms with Crippen molar-refractivity contribution in [3.63, 3.8) is 0 Å². The Balaban J connectivity index is 1.64. The van der Waals surface area contributed by atoms with Crippen molar-refractivity contribution in [3.8, 4) is 0 Å². The van der Waals surface area contributed by atoms with E-state index in [4.69, 9.17) is 11.6 Å². The van der Waals surface area contributed by atoms with Gasteiger partial charge in [-0.3, -0.25) is 9.52 Å². The molecule has 0 aromatic heterocycles. The summed E-state index contributed by atoms with van der Waals surface area (Å²) >= 11 is 6.01. The van der Waals surface area contributed by atoms with E-state index < -0.39 is 20.0 Å². The Labute approximate surface area is 181 Å². The van der Waals surface area contributed by atoms with E-state index in [1.807, 2.05) is 0 Å². The maximum atomic E-state index is 12.8. The number of anilines is 1. The molecule has 1 saturated heterocycles. The molecule has 0 spiro atoms. The van der Waals surface area contributed by atoms with E-state index in [-0.39, 0.29) is 27.6 Å². The molecule has 11 heteroatoms. The first-order valence-electron chi connectivity index (χ1n) is 9.19. The number of nitrogens with zero attached hydrogens (tertiary/aromatic N) is 1. The van der Waals surface area contributed by atoms with Gasteiger partial charge in [-0.25, -0.2) is 21.6 Å². The molecule has 0 saturated carbocycles. The molecule has 0 bridgehead atoms. The van der Waals surface area contributed by atoms with Gasteiger partial charge in [0.1, 0.15) is 0 Å². The van der Waals surface area contributed by atoms with Gasteiger partial charge in [0.15, 0.2) is 0 Å². The number of nitrogens with one attached hydrogen (secondary N) is 2. The molecule has 1 fully saturated rings. The van der Waals surface area contributed by atoms with Gasteiger partial charge in [0.2, 0.25) is 20.0 Å². The summed E-state index contributed by atoms with van der Waals surface area (Å²) in [7, 11) is -7.15. The normalized spacial score (nSPS) is 15.7. The Hall–Kier alpha value is -2.14. The summed E-state index contributed by atoms with van der Waals surface area (Å²) in [5.74, 6) is -0.271. The zero-order valence-corrected chi connectivity index (χ0v) is 18.6. The molecule has 1 amide bonds. The highest BCUT2D eigenvalue weighted by Crippen LogP contribution is 2.25. The molecule has 1 heterocycles. The lowest BCUT2D eigenvalue weighted by atomic mass is 10.0. The fraction of sp³-hybridized carbons (Fsp3) is 0.316. The van der Waals surface area contributed by atoms with Gasteiger partial charge in [0.25, 0.3) is 5.91 Å². The third kappa shape index (κ3) is 5.72. The van der Waals surface area contributed by atoms with Crippen LogP contribution in [-0.4, -0.2) is 53.0 Å². The smallest absolute Gasteiger partial charge is 0.253 e. The van der Waals surface area contributed by atoms with Gasteiger partial charge in [-0.15, -0.1) is 0 Å². The first-order chi connectivity index (χ1) is 14.0. The predicted octanol–water partition coefficient (Wildman–Crippen LogP) is 2.29. The molecule has 162 valence electrons. The van der Waals surface area contributed by atoms with Gasteiger partial charge in [-0.1, -0.05) is 29.8 Å². The van der Waals surface area contributed by atoms with Crippen LogP contribution in [0.5, 0.6) is 0 Å². The summed E-state index contributed by atoms with van der Waals surface area (Å²) in [6, 6.07) is 12.3. The van der Waals surface area contributed by atoms with Crippen LogP contribution in [0.25, 0.3) is 0 Å². The molecular formula is C19H22ClN3O5S2. The number of benzene rings is 2. The number of carbonyl (C=O) groups excluding carboxylic acids is 1. The number of sulfonamides is 2. The molecule has 0 radical (unpaired) electrons. The molecule has 3 rings (SSSR count). The van der Waals surface area contributed by atoms with E-state index >= 15 is 0 Å². The highest BCUT2D eigenvalue weighted by atomic mass is 35.5. The minimum Gasteiger partial charge on any atom is -0.339 e. The number of halogens is 1. The molecule has 1 aliphatic heterocycles. The van der Waals surface area contributed by atoms with Crippen LogP contribution in [0.4, 0.5) is 5.69 Å². The fourth-order valence-corrected chi connectivity index (χ4v) is 5.32. The summed E-state index contributed by atoms with van der Waals surface area (Å²) in [6.45, 7) is 0.747. The highest BCUT2D eigenvalue weighted by molar-refractivity contribution is 7.92. The Kier molecular flexibility index (Phi) is 6.71. The Bertz CT molecular complexity index is 1130. The van der Waals surface area contributed by atoms with E-state index in [9.17, 15) is 21.6 Å². The second-order valence-corrected chi connectivity index (χ2v) is 10.9. The summed E-state index contributed by atoms with van der Waals surface area (Å²) in [6.07, 6.45) is 1.94. The van der Waals surface area contributed by atoms with E-state index in [1.54, 1.807) is 23.1 Å². The lowest BCUT2D eigenvalue weighted by molar-refractivity contribution is 0.0711. The van der Waals surface area contributed by atoms with Crippen molar-refractivity contribution in [3.05, 3.63) is 59.1 Å². The molecule has 30 heavy (non-hydrogen) atoms. The van der Waals surface area contributed by atoms with Crippen LogP contribution in [0.1, 0.15) is 23.2 Å². The standard InChI is InChI=1S/C19H22ClN3O5S2/c1-29(25,26)22-18-13-14(7-8-17(18)20)19(24)23-11-9-15(10-12-23)21-30(27,28)16-5-3-2-4-6-16/h2-8,13,15,21-22H,9-12H2,1H3. The van der Waals surface area contributed by atoms with Crippen molar-refractivity contribution in [2.24, 2.45) is 0 Å². The average Bonchev–Trinajstić information content (AvgIpc) is 2.69. The third-order valence-corrected chi connectivity index (χ3v) is 7.12. The monoisotopic (exact) mass is 471 g/mol. The second-order valence-electron chi connectivity index (χ2n) is 7.07. The number of rotatable bonds is 6. The van der Waals surface area contributed by atoms with Crippen LogP contribution in [0.15, 0.2) is 53.4 Å². The number of amides is 1. The third-order valence-electron chi connectivity index (χ3n) is 4.67. The second kappa shape index (κ2) is 8.93. The van der Waals surface area contributed by atoms with Crippen molar-refractivity contribution in [2.45, 2.75) is 23.8 Å². The fourth-order valence-electron chi connectivity index (χ4n) is 3.21. The zero-order valence-electron chi connectivity index (χ0n) is 16.2. The quantitative estimate of drug-likeness (QED) is 0.671. The highest BCUT2D eigenvalue weighted by Gasteiger charge is 2.27. The number of hydrogen-bond acceptors (Lipinski definition) is 5. The Morgan fingerprint density at radius 2 is 1.67 bits per heavy atom. The maximum Gasteiger partial charge on any atom is 0.253 e. The van der Waals surface area contributed by atoms with Gasteiger partial charge in [0, 0.05) is 24.7 Å². The molecule has 8 nitrogen and oxygen atoms in total. The van der Waals surface area contributed by atoms with Crippen LogP contribution in [0, 0.1) is 0 Å². The molecule has 0 atom stereocenters. The van der Waals surface area contributed by atoms with E-state index in [1.165, 1.54) is 30.3 Å². The molecule has 0 unspecified atom stereocenters. The minimum atomic E-state index is -3.61. The molecule has 2 aromatic rings. The predicted molar refractivity (Wildman–Crippen MR) is 116 cm³/mol. The van der Waals surface area contributed by atoms with Gasteiger partial charge >= 0.3 is 0 Å². The SMILES string of the molecule is CS(=O)(=O)Nc1cc(C(=O)N2CCC(NS(=O)(=O)c3ccccc3)CC2)ccc1Cl. The first kappa shape index (κ1) is 22.5. The molecule has 1 aliphatic rings. The molecular weight excluding hydrogens is 450 g/mol. The summed E-state index contributed by atoms with van der Waals surface area (Å²) in [5, 5.41) is 0.186. The van der Waals surface area contributed by atoms with E-state index in [0.717, 1.165) is 6.26 Å². The van der Waals surface area contributed by atoms with Gasteiger partial charge in [0.05, 0.1) is 21.9 Å². The van der Waals surface area contributed by atoms with Crippen molar-refractivity contribution in [1.29, 1.82) is 0 Å². The molecule has 2 N–H and O–H groups in total. The van der Waals surface area contributed by atoms with Crippen LogP contribution in [0.2, 0.25) is 5.02 Å². The van der Waals surface area contributed by atoms with Crippen molar-refractivity contribution in [1.82, 2.24) is 9.62 Å². The molecule has 0 aliphatic carbocycles. The van der Waals surface area contributed by atoms with Gasteiger partial charge < -0.3 is 4.90 Å². The number of piperidine rings is 1. The zero-order chi connectivity index (χ0) is 21.9. The number of hydrogen-bond donors (Lipinski definition) is 2. The van der Waals surface area contributed by atoms with Gasteiger partial charge in [-0.2, -0.15) is 0 Å². The summed E-state index contributed by atoms with van der Waals surface area (Å²) < 4.78 is 52.8. The van der Waals surface area contributed by atoms with Crippen LogP contribution in [-0.2, 0) is 20.0 Å². The summed E-state index contributed by atoms with van der Waals surface area (Å²) in [5.41, 5.74) is 0.435. The lowest BCUT2D eigenvalue weighted by Gasteiger charge is -2.32. The van der Waals surface area contributed by atoms with E-state index in [0.29, 0.717) is 31.5 Å². The maximum absolute atomic E-state index is 12.8. The van der Waals surface area contributed by atoms with Crippen LogP contribution in [0.3, 0.4) is 0 Å². The molecule has 2 aromatic carbocycles. The van der Waals surface area contributed by atoms with Gasteiger partial charge in [-0.05, 0) is 43.2 Å². The Morgan fingerprint density at radius 3 is 2.27 bits per heavy atom. The van der Waals surface area contributed by atoms with Crippen molar-refractivity contribution >= 4 is 43.2 Å².